The Hall–Kier alpha value is -2.85. The summed E-state index contributed by atoms with van der Waals surface area (Å²) in [5, 5.41) is 3.16. The van der Waals surface area contributed by atoms with Gasteiger partial charge in [-0.05, 0) is 35.4 Å². The summed E-state index contributed by atoms with van der Waals surface area (Å²) in [6.45, 7) is 0.910. The molecule has 4 nitrogen and oxygen atoms in total. The fourth-order valence-corrected chi connectivity index (χ4v) is 2.49. The lowest BCUT2D eigenvalue weighted by atomic mass is 10.2. The third kappa shape index (κ3) is 5.06. The summed E-state index contributed by atoms with van der Waals surface area (Å²) in [5.41, 5.74) is 2.55. The Morgan fingerprint density at radius 1 is 1.00 bits per heavy atom. The highest BCUT2D eigenvalue weighted by Crippen LogP contribution is 2.15. The number of hydrogen-bond acceptors (Lipinski definition) is 3. The van der Waals surface area contributed by atoms with Crippen LogP contribution < -0.4 is 10.1 Å². The molecule has 0 atom stereocenters. The van der Waals surface area contributed by atoms with E-state index in [-0.39, 0.29) is 5.91 Å². The maximum atomic E-state index is 12.1. The monoisotopic (exact) mass is 352 g/mol. The number of hydrogen-bond donors (Lipinski definition) is 1. The van der Waals surface area contributed by atoms with Crippen molar-refractivity contribution in [3.63, 3.8) is 0 Å². The molecule has 1 aromatic heterocycles. The Labute approximate surface area is 151 Å². The quantitative estimate of drug-likeness (QED) is 0.675. The average molecular weight is 353 g/mol. The van der Waals surface area contributed by atoms with Crippen molar-refractivity contribution in [3.05, 3.63) is 94.8 Å². The van der Waals surface area contributed by atoms with Gasteiger partial charge in [0, 0.05) is 18.3 Å². The molecular formula is C20H17ClN2O2. The first kappa shape index (κ1) is 17.0. The Bertz CT molecular complexity index is 853. The molecule has 0 unspecified atom stereocenters. The second-order valence-electron chi connectivity index (χ2n) is 5.47. The molecule has 25 heavy (non-hydrogen) atoms. The molecule has 5 heteroatoms. The average Bonchev–Trinajstić information content (AvgIpc) is 2.66. The number of ether oxygens (including phenoxy) is 1. The number of carbonyl (C=O) groups is 1. The second kappa shape index (κ2) is 8.31. The van der Waals surface area contributed by atoms with Crippen molar-refractivity contribution in [2.75, 3.05) is 0 Å². The van der Waals surface area contributed by atoms with E-state index in [1.165, 1.54) is 12.3 Å². The van der Waals surface area contributed by atoms with Crippen LogP contribution in [0.3, 0.4) is 0 Å². The minimum Gasteiger partial charge on any atom is -0.489 e. The Kier molecular flexibility index (Phi) is 5.65. The van der Waals surface area contributed by atoms with Crippen LogP contribution in [0, 0.1) is 0 Å². The van der Waals surface area contributed by atoms with Gasteiger partial charge in [-0.1, -0.05) is 54.1 Å². The Balaban J connectivity index is 1.57. The van der Waals surface area contributed by atoms with Crippen LogP contribution in [0.5, 0.6) is 5.75 Å². The molecule has 0 bridgehead atoms. The van der Waals surface area contributed by atoms with Crippen molar-refractivity contribution < 1.29 is 9.53 Å². The van der Waals surface area contributed by atoms with E-state index in [2.05, 4.69) is 10.3 Å². The third-order valence-electron chi connectivity index (χ3n) is 3.59. The molecule has 1 N–H and O–H groups in total. The van der Waals surface area contributed by atoms with E-state index in [0.717, 1.165) is 16.9 Å². The number of carbonyl (C=O) groups excluding carboxylic acids is 1. The van der Waals surface area contributed by atoms with E-state index in [1.54, 1.807) is 6.07 Å². The number of benzene rings is 2. The third-order valence-corrected chi connectivity index (χ3v) is 3.80. The number of halogens is 1. The number of nitrogens with zero attached hydrogens (tertiary/aromatic N) is 1. The van der Waals surface area contributed by atoms with Gasteiger partial charge in [0.15, 0.2) is 0 Å². The summed E-state index contributed by atoms with van der Waals surface area (Å²) in [6.07, 6.45) is 1.51. The van der Waals surface area contributed by atoms with Gasteiger partial charge in [-0.2, -0.15) is 0 Å². The largest absolute Gasteiger partial charge is 0.489 e. The van der Waals surface area contributed by atoms with E-state index in [9.17, 15) is 4.79 Å². The van der Waals surface area contributed by atoms with E-state index >= 15 is 0 Å². The second-order valence-corrected chi connectivity index (χ2v) is 5.86. The van der Waals surface area contributed by atoms with Crippen LogP contribution in [0.2, 0.25) is 5.15 Å². The first-order valence-electron chi connectivity index (χ1n) is 7.86. The lowest BCUT2D eigenvalue weighted by Gasteiger charge is -2.09. The molecule has 0 aliphatic heterocycles. The van der Waals surface area contributed by atoms with Gasteiger partial charge in [0.25, 0.3) is 5.91 Å². The normalized spacial score (nSPS) is 10.3. The fourth-order valence-electron chi connectivity index (χ4n) is 2.31. The van der Waals surface area contributed by atoms with Gasteiger partial charge in [-0.3, -0.25) is 4.79 Å². The SMILES string of the molecule is O=C(NCc1cccc(OCc2ccccc2)c1)c1ccnc(Cl)c1. The number of amides is 1. The number of pyridine rings is 1. The summed E-state index contributed by atoms with van der Waals surface area (Å²) < 4.78 is 5.80. The molecule has 0 saturated heterocycles. The van der Waals surface area contributed by atoms with Crippen LogP contribution >= 0.6 is 11.6 Å². The number of nitrogens with one attached hydrogen (secondary N) is 1. The molecule has 1 heterocycles. The zero-order valence-corrected chi connectivity index (χ0v) is 14.2. The molecule has 0 spiro atoms. The predicted octanol–water partition coefficient (Wildman–Crippen LogP) is 4.24. The molecule has 0 radical (unpaired) electrons. The van der Waals surface area contributed by atoms with Crippen LogP contribution in [-0.4, -0.2) is 10.9 Å². The van der Waals surface area contributed by atoms with Crippen LogP contribution in [0.1, 0.15) is 21.5 Å². The summed E-state index contributed by atoms with van der Waals surface area (Å²) in [7, 11) is 0. The van der Waals surface area contributed by atoms with Gasteiger partial charge in [0.05, 0.1) is 0 Å². The molecule has 0 aliphatic carbocycles. The van der Waals surface area contributed by atoms with Crippen LogP contribution in [0.25, 0.3) is 0 Å². The zero-order valence-electron chi connectivity index (χ0n) is 13.5. The van der Waals surface area contributed by atoms with Crippen LogP contribution in [0.4, 0.5) is 0 Å². The van der Waals surface area contributed by atoms with Crippen molar-refractivity contribution in [2.24, 2.45) is 0 Å². The standard InChI is InChI=1S/C20H17ClN2O2/c21-19-12-17(9-10-22-19)20(24)23-13-16-7-4-8-18(11-16)25-14-15-5-2-1-3-6-15/h1-12H,13-14H2,(H,23,24). The Morgan fingerprint density at radius 3 is 2.60 bits per heavy atom. The molecule has 2 aromatic carbocycles. The van der Waals surface area contributed by atoms with Crippen molar-refractivity contribution >= 4 is 17.5 Å². The highest BCUT2D eigenvalue weighted by atomic mass is 35.5. The smallest absolute Gasteiger partial charge is 0.251 e. The fraction of sp³-hybridized carbons (Fsp3) is 0.100. The number of aromatic nitrogens is 1. The maximum Gasteiger partial charge on any atom is 0.251 e. The first-order valence-corrected chi connectivity index (χ1v) is 8.24. The summed E-state index contributed by atoms with van der Waals surface area (Å²) in [5.74, 6) is 0.572. The van der Waals surface area contributed by atoms with Gasteiger partial charge in [0.1, 0.15) is 17.5 Å². The Morgan fingerprint density at radius 2 is 1.80 bits per heavy atom. The molecule has 0 aliphatic rings. The van der Waals surface area contributed by atoms with E-state index < -0.39 is 0 Å². The lowest BCUT2D eigenvalue weighted by molar-refractivity contribution is 0.0950. The highest BCUT2D eigenvalue weighted by Gasteiger charge is 2.06. The van der Waals surface area contributed by atoms with Crippen molar-refractivity contribution in [2.45, 2.75) is 13.2 Å². The van der Waals surface area contributed by atoms with Crippen LogP contribution in [0.15, 0.2) is 72.9 Å². The van der Waals surface area contributed by atoms with Crippen molar-refractivity contribution in [3.8, 4) is 5.75 Å². The lowest BCUT2D eigenvalue weighted by Crippen LogP contribution is -2.22. The van der Waals surface area contributed by atoms with E-state index in [4.69, 9.17) is 16.3 Å². The molecule has 0 fully saturated rings. The molecule has 126 valence electrons. The minimum atomic E-state index is -0.195. The van der Waals surface area contributed by atoms with Gasteiger partial charge < -0.3 is 10.1 Å². The summed E-state index contributed by atoms with van der Waals surface area (Å²) >= 11 is 5.80. The molecule has 0 saturated carbocycles. The van der Waals surface area contributed by atoms with Crippen molar-refractivity contribution in [1.82, 2.24) is 10.3 Å². The number of rotatable bonds is 6. The van der Waals surface area contributed by atoms with E-state index in [1.807, 2.05) is 54.6 Å². The minimum absolute atomic E-state index is 0.195. The highest BCUT2D eigenvalue weighted by molar-refractivity contribution is 6.29. The zero-order chi connectivity index (χ0) is 17.5. The summed E-state index contributed by atoms with van der Waals surface area (Å²) in [4.78, 5) is 16.0. The maximum absolute atomic E-state index is 12.1. The van der Waals surface area contributed by atoms with E-state index in [0.29, 0.717) is 23.9 Å². The topological polar surface area (TPSA) is 51.2 Å². The van der Waals surface area contributed by atoms with Gasteiger partial charge >= 0.3 is 0 Å². The molecule has 3 aromatic rings. The first-order chi connectivity index (χ1) is 12.2. The summed E-state index contributed by atoms with van der Waals surface area (Å²) in [6, 6.07) is 20.8. The van der Waals surface area contributed by atoms with Gasteiger partial charge in [-0.25, -0.2) is 4.98 Å². The van der Waals surface area contributed by atoms with Crippen molar-refractivity contribution in [1.29, 1.82) is 0 Å². The van der Waals surface area contributed by atoms with Gasteiger partial charge in [0.2, 0.25) is 0 Å². The molecule has 1 amide bonds. The molecule has 3 rings (SSSR count). The predicted molar refractivity (Wildman–Crippen MR) is 97.6 cm³/mol. The van der Waals surface area contributed by atoms with Gasteiger partial charge in [-0.15, -0.1) is 0 Å². The molecular weight excluding hydrogens is 336 g/mol. The van der Waals surface area contributed by atoms with Crippen LogP contribution in [-0.2, 0) is 13.2 Å².